The molecule has 0 fully saturated rings. The predicted octanol–water partition coefficient (Wildman–Crippen LogP) is 2.73. The minimum absolute atomic E-state index is 0.319. The van der Waals surface area contributed by atoms with Crippen LogP contribution in [0.1, 0.15) is 25.0 Å². The summed E-state index contributed by atoms with van der Waals surface area (Å²) in [6.45, 7) is 2.40. The van der Waals surface area contributed by atoms with Crippen LogP contribution < -0.4 is 5.32 Å². The summed E-state index contributed by atoms with van der Waals surface area (Å²) in [7, 11) is 0. The van der Waals surface area contributed by atoms with E-state index in [0.717, 1.165) is 24.3 Å². The predicted molar refractivity (Wildman–Crippen MR) is 71.8 cm³/mol. The third kappa shape index (κ3) is 4.55. The molecule has 0 spiro atoms. The molecule has 2 N–H and O–H groups in total. The Labute approximate surface area is 111 Å². The highest BCUT2D eigenvalue weighted by molar-refractivity contribution is 7.98. The number of thioether (sulfide) groups is 1. The van der Waals surface area contributed by atoms with Crippen molar-refractivity contribution < 1.29 is 13.9 Å². The number of hydrogen-bond acceptors (Lipinski definition) is 3. The van der Waals surface area contributed by atoms with E-state index in [9.17, 15) is 13.9 Å². The van der Waals surface area contributed by atoms with Crippen molar-refractivity contribution in [3.05, 3.63) is 35.4 Å². The van der Waals surface area contributed by atoms with Gasteiger partial charge in [0, 0.05) is 18.3 Å². The maximum Gasteiger partial charge on any atom is 0.159 e. The number of aliphatic hydroxyl groups is 1. The van der Waals surface area contributed by atoms with E-state index in [0.29, 0.717) is 18.2 Å². The van der Waals surface area contributed by atoms with Crippen LogP contribution >= 0.6 is 11.8 Å². The Balaban J connectivity index is 2.53. The molecule has 5 heteroatoms. The minimum Gasteiger partial charge on any atom is -0.387 e. The second-order valence-corrected chi connectivity index (χ2v) is 5.07. The lowest BCUT2D eigenvalue weighted by atomic mass is 10.1. The van der Waals surface area contributed by atoms with Gasteiger partial charge in [0.2, 0.25) is 0 Å². The van der Waals surface area contributed by atoms with Crippen molar-refractivity contribution in [1.82, 2.24) is 5.32 Å². The molecule has 2 nitrogen and oxygen atoms in total. The summed E-state index contributed by atoms with van der Waals surface area (Å²) < 4.78 is 25.8. The third-order valence-corrected chi connectivity index (χ3v) is 3.52. The quantitative estimate of drug-likeness (QED) is 0.802. The zero-order valence-corrected chi connectivity index (χ0v) is 11.4. The fraction of sp³-hybridized carbons (Fsp3) is 0.538. The molecule has 0 aliphatic heterocycles. The molecule has 0 saturated heterocycles. The smallest absolute Gasteiger partial charge is 0.159 e. The molecule has 2 atom stereocenters. The zero-order valence-electron chi connectivity index (χ0n) is 10.6. The Morgan fingerprint density at radius 1 is 1.33 bits per heavy atom. The number of halogens is 2. The van der Waals surface area contributed by atoms with E-state index in [4.69, 9.17) is 0 Å². The van der Waals surface area contributed by atoms with E-state index in [1.165, 1.54) is 6.07 Å². The van der Waals surface area contributed by atoms with Crippen molar-refractivity contribution in [2.24, 2.45) is 0 Å². The van der Waals surface area contributed by atoms with Crippen LogP contribution in [-0.2, 0) is 0 Å². The van der Waals surface area contributed by atoms with Crippen molar-refractivity contribution >= 4 is 11.8 Å². The summed E-state index contributed by atoms with van der Waals surface area (Å²) in [5.41, 5.74) is 0.389. The van der Waals surface area contributed by atoms with Gasteiger partial charge in [-0.15, -0.1) is 0 Å². The van der Waals surface area contributed by atoms with Gasteiger partial charge in [-0.1, -0.05) is 13.0 Å². The van der Waals surface area contributed by atoms with E-state index < -0.39 is 17.7 Å². The highest BCUT2D eigenvalue weighted by Crippen LogP contribution is 2.16. The van der Waals surface area contributed by atoms with Gasteiger partial charge in [0.05, 0.1) is 6.10 Å². The molecule has 0 amide bonds. The molecule has 0 saturated carbocycles. The van der Waals surface area contributed by atoms with Crippen LogP contribution in [0.15, 0.2) is 18.2 Å². The van der Waals surface area contributed by atoms with Crippen LogP contribution in [-0.4, -0.2) is 29.7 Å². The second-order valence-electron chi connectivity index (χ2n) is 4.16. The van der Waals surface area contributed by atoms with E-state index in [-0.39, 0.29) is 0 Å². The number of benzene rings is 1. The van der Waals surface area contributed by atoms with Crippen molar-refractivity contribution in [3.8, 4) is 0 Å². The third-order valence-electron chi connectivity index (χ3n) is 2.79. The highest BCUT2D eigenvalue weighted by Gasteiger charge is 2.12. The van der Waals surface area contributed by atoms with Gasteiger partial charge in [0.15, 0.2) is 11.6 Å². The lowest BCUT2D eigenvalue weighted by molar-refractivity contribution is 0.170. The standard InChI is InChI=1S/C13H19F2NOS/c1-3-10(8-18-2)16-7-13(17)9-4-5-11(14)12(15)6-9/h4-6,10,13,16-17H,3,7-8H2,1-2H3. The molecule has 0 bridgehead atoms. The second kappa shape index (κ2) is 7.71. The normalized spacial score (nSPS) is 14.5. The molecule has 0 radical (unpaired) electrons. The lowest BCUT2D eigenvalue weighted by Crippen LogP contribution is -2.34. The largest absolute Gasteiger partial charge is 0.387 e. The first-order valence-corrected chi connectivity index (χ1v) is 7.33. The minimum atomic E-state index is -0.928. The fourth-order valence-electron chi connectivity index (χ4n) is 1.64. The summed E-state index contributed by atoms with van der Waals surface area (Å²) in [6, 6.07) is 3.80. The molecule has 102 valence electrons. The van der Waals surface area contributed by atoms with Gasteiger partial charge in [-0.25, -0.2) is 8.78 Å². The molecule has 18 heavy (non-hydrogen) atoms. The number of nitrogens with one attached hydrogen (secondary N) is 1. The molecule has 1 aromatic carbocycles. The number of aliphatic hydroxyl groups excluding tert-OH is 1. The average Bonchev–Trinajstić information content (AvgIpc) is 2.37. The van der Waals surface area contributed by atoms with Gasteiger partial charge in [-0.05, 0) is 30.4 Å². The van der Waals surface area contributed by atoms with E-state index in [1.54, 1.807) is 11.8 Å². The summed E-state index contributed by atoms with van der Waals surface area (Å²) in [4.78, 5) is 0. The van der Waals surface area contributed by atoms with Crippen molar-refractivity contribution in [1.29, 1.82) is 0 Å². The van der Waals surface area contributed by atoms with Crippen LogP contribution in [0, 0.1) is 11.6 Å². The SMILES string of the molecule is CCC(CSC)NCC(O)c1ccc(F)c(F)c1. The van der Waals surface area contributed by atoms with E-state index in [2.05, 4.69) is 12.2 Å². The van der Waals surface area contributed by atoms with Crippen molar-refractivity contribution in [2.75, 3.05) is 18.6 Å². The number of hydrogen-bond donors (Lipinski definition) is 2. The fourth-order valence-corrected chi connectivity index (χ4v) is 2.39. The van der Waals surface area contributed by atoms with Crippen LogP contribution in [0.25, 0.3) is 0 Å². The maximum absolute atomic E-state index is 13.0. The Bertz CT molecular complexity index is 376. The van der Waals surface area contributed by atoms with Gasteiger partial charge < -0.3 is 10.4 Å². The molecule has 0 aliphatic rings. The maximum atomic E-state index is 13.0. The van der Waals surface area contributed by atoms with Crippen molar-refractivity contribution in [3.63, 3.8) is 0 Å². The Morgan fingerprint density at radius 3 is 2.61 bits per heavy atom. The lowest BCUT2D eigenvalue weighted by Gasteiger charge is -2.19. The first kappa shape index (κ1) is 15.4. The monoisotopic (exact) mass is 275 g/mol. The summed E-state index contributed by atoms with van der Waals surface area (Å²) in [5.74, 6) is -0.864. The highest BCUT2D eigenvalue weighted by atomic mass is 32.2. The van der Waals surface area contributed by atoms with Gasteiger partial charge in [0.1, 0.15) is 0 Å². The van der Waals surface area contributed by atoms with E-state index in [1.807, 2.05) is 6.26 Å². The first-order chi connectivity index (χ1) is 8.58. The Kier molecular flexibility index (Phi) is 6.60. The van der Waals surface area contributed by atoms with Crippen molar-refractivity contribution in [2.45, 2.75) is 25.5 Å². The Morgan fingerprint density at radius 2 is 2.06 bits per heavy atom. The number of rotatable bonds is 7. The van der Waals surface area contributed by atoms with Crippen LogP contribution in [0.3, 0.4) is 0 Å². The molecule has 1 aromatic rings. The molecule has 0 aliphatic carbocycles. The summed E-state index contributed by atoms with van der Waals surface area (Å²) >= 11 is 1.73. The molecular formula is C13H19F2NOS. The molecule has 1 rings (SSSR count). The van der Waals surface area contributed by atoms with Gasteiger partial charge in [-0.2, -0.15) is 11.8 Å². The van der Waals surface area contributed by atoms with E-state index >= 15 is 0 Å². The molecular weight excluding hydrogens is 256 g/mol. The van der Waals surface area contributed by atoms with Crippen LogP contribution in [0.4, 0.5) is 8.78 Å². The molecule has 0 aromatic heterocycles. The van der Waals surface area contributed by atoms with Gasteiger partial charge in [-0.3, -0.25) is 0 Å². The summed E-state index contributed by atoms with van der Waals surface area (Å²) in [5, 5.41) is 13.1. The van der Waals surface area contributed by atoms with Crippen LogP contribution in [0.5, 0.6) is 0 Å². The first-order valence-electron chi connectivity index (χ1n) is 5.93. The van der Waals surface area contributed by atoms with Crippen LogP contribution in [0.2, 0.25) is 0 Å². The topological polar surface area (TPSA) is 32.3 Å². The Hall–Kier alpha value is -0.650. The zero-order chi connectivity index (χ0) is 13.5. The van der Waals surface area contributed by atoms with Gasteiger partial charge >= 0.3 is 0 Å². The summed E-state index contributed by atoms with van der Waals surface area (Å²) in [6.07, 6.45) is 2.16. The average molecular weight is 275 g/mol. The molecule has 2 unspecified atom stereocenters. The molecule has 0 heterocycles. The van der Waals surface area contributed by atoms with Gasteiger partial charge in [0.25, 0.3) is 0 Å².